The number of hydrogen-bond donors (Lipinski definition) is 0. The van der Waals surface area contributed by atoms with Crippen molar-refractivity contribution in [3.05, 3.63) is 52.0 Å². The molecule has 1 nitrogen and oxygen atoms in total. The summed E-state index contributed by atoms with van der Waals surface area (Å²) in [5.41, 5.74) is 4.70. The Kier molecular flexibility index (Phi) is 4.11. The number of benzene rings is 2. The number of aryl methyl sites for hydroxylation is 2. The summed E-state index contributed by atoms with van der Waals surface area (Å²) in [7, 11) is 0. The summed E-state index contributed by atoms with van der Waals surface area (Å²) in [6.07, 6.45) is 1.01. The first kappa shape index (κ1) is 14.1. The predicted octanol–water partition coefficient (Wildman–Crippen LogP) is 5.86. The van der Waals surface area contributed by atoms with Crippen molar-refractivity contribution >= 4 is 49.1 Å². The average Bonchev–Trinajstić information content (AvgIpc) is 2.78. The van der Waals surface area contributed by atoms with Crippen LogP contribution in [0.3, 0.4) is 0 Å². The number of thiazole rings is 1. The van der Waals surface area contributed by atoms with E-state index >= 15 is 0 Å². The Morgan fingerprint density at radius 2 is 2.10 bits per heavy atom. The molecule has 3 rings (SSSR count). The molecular formula is C16H13BrClNS. The molecule has 0 atom stereocenters. The van der Waals surface area contributed by atoms with Crippen molar-refractivity contribution < 1.29 is 0 Å². The molecule has 1 heterocycles. The van der Waals surface area contributed by atoms with E-state index in [1.165, 1.54) is 15.8 Å². The lowest BCUT2D eigenvalue weighted by Gasteiger charge is -2.07. The van der Waals surface area contributed by atoms with Gasteiger partial charge in [-0.15, -0.1) is 11.3 Å². The number of aromatic nitrogens is 1. The largest absolute Gasteiger partial charge is 0.241 e. The van der Waals surface area contributed by atoms with Gasteiger partial charge in [0.05, 0.1) is 15.2 Å². The molecule has 0 spiro atoms. The maximum absolute atomic E-state index is 6.13. The summed E-state index contributed by atoms with van der Waals surface area (Å²) in [6, 6.07) is 12.5. The van der Waals surface area contributed by atoms with Crippen LogP contribution in [0.25, 0.3) is 21.3 Å². The molecular weight excluding hydrogens is 354 g/mol. The Morgan fingerprint density at radius 3 is 2.85 bits per heavy atom. The summed E-state index contributed by atoms with van der Waals surface area (Å²) in [5.74, 6) is 0. The van der Waals surface area contributed by atoms with Gasteiger partial charge in [0.15, 0.2) is 0 Å². The normalized spacial score (nSPS) is 11.2. The van der Waals surface area contributed by atoms with E-state index in [0.717, 1.165) is 32.9 Å². The fraction of sp³-hybridized carbons (Fsp3) is 0.188. The number of alkyl halides is 1. The Hall–Kier alpha value is -0.900. The molecule has 0 unspecified atom stereocenters. The van der Waals surface area contributed by atoms with Crippen LogP contribution in [0.1, 0.15) is 10.6 Å². The zero-order valence-corrected chi connectivity index (χ0v) is 14.1. The fourth-order valence-electron chi connectivity index (χ4n) is 2.33. The third-order valence-corrected chi connectivity index (χ3v) is 4.73. The highest BCUT2D eigenvalue weighted by Crippen LogP contribution is 2.34. The summed E-state index contributed by atoms with van der Waals surface area (Å²) < 4.78 is 1.25. The lowest BCUT2D eigenvalue weighted by Crippen LogP contribution is -1.89. The molecule has 0 aliphatic carbocycles. The zero-order valence-electron chi connectivity index (χ0n) is 11.0. The zero-order chi connectivity index (χ0) is 14.1. The van der Waals surface area contributed by atoms with Crippen LogP contribution < -0.4 is 0 Å². The van der Waals surface area contributed by atoms with Crippen molar-refractivity contribution in [1.82, 2.24) is 4.98 Å². The van der Waals surface area contributed by atoms with Crippen LogP contribution in [0.5, 0.6) is 0 Å². The summed E-state index contributed by atoms with van der Waals surface area (Å²) in [5, 5.41) is 2.82. The minimum Gasteiger partial charge on any atom is -0.241 e. The molecule has 102 valence electrons. The SMILES string of the molecule is Cc1nc2c(-c3cccc(Cl)c3)cc(CCBr)cc2s1. The van der Waals surface area contributed by atoms with Gasteiger partial charge in [-0.2, -0.15) is 0 Å². The van der Waals surface area contributed by atoms with Gasteiger partial charge in [0, 0.05) is 15.9 Å². The van der Waals surface area contributed by atoms with Crippen LogP contribution in [0.4, 0.5) is 0 Å². The second kappa shape index (κ2) is 5.84. The summed E-state index contributed by atoms with van der Waals surface area (Å²) in [4.78, 5) is 4.68. The molecule has 0 bridgehead atoms. The Labute approximate surface area is 135 Å². The van der Waals surface area contributed by atoms with Gasteiger partial charge in [0.1, 0.15) is 0 Å². The van der Waals surface area contributed by atoms with E-state index in [2.05, 4.69) is 46.0 Å². The third kappa shape index (κ3) is 2.76. The third-order valence-electron chi connectivity index (χ3n) is 3.18. The number of rotatable bonds is 3. The van der Waals surface area contributed by atoms with Gasteiger partial charge in [0.25, 0.3) is 0 Å². The summed E-state index contributed by atoms with van der Waals surface area (Å²) >= 11 is 11.4. The first-order valence-electron chi connectivity index (χ1n) is 6.39. The average molecular weight is 367 g/mol. The molecule has 0 N–H and O–H groups in total. The van der Waals surface area contributed by atoms with Crippen LogP contribution in [0.2, 0.25) is 5.02 Å². The predicted molar refractivity (Wildman–Crippen MR) is 92.3 cm³/mol. The van der Waals surface area contributed by atoms with Gasteiger partial charge < -0.3 is 0 Å². The molecule has 0 fully saturated rings. The van der Waals surface area contributed by atoms with Crippen molar-refractivity contribution in [2.24, 2.45) is 0 Å². The molecule has 0 amide bonds. The number of fused-ring (bicyclic) bond motifs is 1. The molecule has 3 aromatic rings. The summed E-state index contributed by atoms with van der Waals surface area (Å²) in [6.45, 7) is 2.05. The van der Waals surface area contributed by atoms with E-state index < -0.39 is 0 Å². The lowest BCUT2D eigenvalue weighted by atomic mass is 10.0. The van der Waals surface area contributed by atoms with Gasteiger partial charge in [-0.05, 0) is 48.7 Å². The Morgan fingerprint density at radius 1 is 1.25 bits per heavy atom. The first-order chi connectivity index (χ1) is 9.67. The van der Waals surface area contributed by atoms with E-state index in [0.29, 0.717) is 0 Å². The van der Waals surface area contributed by atoms with E-state index in [1.807, 2.05) is 18.2 Å². The minimum absolute atomic E-state index is 0.758. The molecule has 0 aliphatic rings. The molecule has 20 heavy (non-hydrogen) atoms. The van der Waals surface area contributed by atoms with E-state index in [9.17, 15) is 0 Å². The number of hydrogen-bond acceptors (Lipinski definition) is 2. The second-order valence-electron chi connectivity index (χ2n) is 4.67. The number of halogens is 2. The Balaban J connectivity index is 2.26. The van der Waals surface area contributed by atoms with E-state index in [1.54, 1.807) is 11.3 Å². The van der Waals surface area contributed by atoms with Crippen LogP contribution in [-0.4, -0.2) is 10.3 Å². The van der Waals surface area contributed by atoms with Gasteiger partial charge in [-0.25, -0.2) is 4.98 Å². The maximum Gasteiger partial charge on any atom is 0.0908 e. The fourth-order valence-corrected chi connectivity index (χ4v) is 3.89. The highest BCUT2D eigenvalue weighted by molar-refractivity contribution is 9.09. The van der Waals surface area contributed by atoms with E-state index in [4.69, 9.17) is 11.6 Å². The first-order valence-corrected chi connectivity index (χ1v) is 8.71. The highest BCUT2D eigenvalue weighted by atomic mass is 79.9. The Bertz CT molecular complexity index is 766. The number of nitrogens with zero attached hydrogens (tertiary/aromatic N) is 1. The van der Waals surface area contributed by atoms with Crippen molar-refractivity contribution in [2.45, 2.75) is 13.3 Å². The standard InChI is InChI=1S/C16H13BrClNS/c1-10-19-16-14(12-3-2-4-13(18)9-12)7-11(5-6-17)8-15(16)20-10/h2-4,7-9H,5-6H2,1H3. The molecule has 0 saturated carbocycles. The van der Waals surface area contributed by atoms with Gasteiger partial charge in [-0.3, -0.25) is 0 Å². The van der Waals surface area contributed by atoms with Gasteiger partial charge in [-0.1, -0.05) is 39.7 Å². The lowest BCUT2D eigenvalue weighted by molar-refractivity contribution is 1.18. The van der Waals surface area contributed by atoms with E-state index in [-0.39, 0.29) is 0 Å². The van der Waals surface area contributed by atoms with Crippen molar-refractivity contribution in [3.63, 3.8) is 0 Å². The molecule has 1 aromatic heterocycles. The monoisotopic (exact) mass is 365 g/mol. The highest BCUT2D eigenvalue weighted by Gasteiger charge is 2.11. The molecule has 0 radical (unpaired) electrons. The molecule has 2 aromatic carbocycles. The minimum atomic E-state index is 0.758. The maximum atomic E-state index is 6.13. The molecule has 0 saturated heterocycles. The van der Waals surface area contributed by atoms with Crippen molar-refractivity contribution in [3.8, 4) is 11.1 Å². The topological polar surface area (TPSA) is 12.9 Å². The molecule has 4 heteroatoms. The van der Waals surface area contributed by atoms with Gasteiger partial charge >= 0.3 is 0 Å². The van der Waals surface area contributed by atoms with Crippen LogP contribution >= 0.6 is 38.9 Å². The van der Waals surface area contributed by atoms with Crippen molar-refractivity contribution in [1.29, 1.82) is 0 Å². The van der Waals surface area contributed by atoms with Crippen LogP contribution in [-0.2, 0) is 6.42 Å². The second-order valence-corrected chi connectivity index (χ2v) is 7.14. The smallest absolute Gasteiger partial charge is 0.0908 e. The van der Waals surface area contributed by atoms with Crippen molar-refractivity contribution in [2.75, 3.05) is 5.33 Å². The van der Waals surface area contributed by atoms with Crippen LogP contribution in [0.15, 0.2) is 36.4 Å². The molecule has 0 aliphatic heterocycles. The quantitative estimate of drug-likeness (QED) is 0.529. The van der Waals surface area contributed by atoms with Gasteiger partial charge in [0.2, 0.25) is 0 Å². The van der Waals surface area contributed by atoms with Crippen LogP contribution in [0, 0.1) is 6.92 Å².